The Hall–Kier alpha value is -2.52. The largest absolute Gasteiger partial charge is 0.223 e. The van der Waals surface area contributed by atoms with Crippen LogP contribution in [0.5, 0.6) is 0 Å². The average molecular weight is 309 g/mol. The van der Waals surface area contributed by atoms with Gasteiger partial charge in [-0.3, -0.25) is 0 Å². The highest BCUT2D eigenvalue weighted by Crippen LogP contribution is 2.22. The Labute approximate surface area is 132 Å². The van der Waals surface area contributed by atoms with Crippen molar-refractivity contribution in [2.75, 3.05) is 0 Å². The van der Waals surface area contributed by atoms with E-state index >= 15 is 0 Å². The van der Waals surface area contributed by atoms with Gasteiger partial charge in [0.25, 0.3) is 0 Å². The number of benzene rings is 1. The first-order valence-electron chi connectivity index (χ1n) is 7.02. The molecule has 0 aliphatic rings. The van der Waals surface area contributed by atoms with Crippen LogP contribution in [0.1, 0.15) is 27.5 Å². The molecule has 0 radical (unpaired) electrons. The molecule has 6 heteroatoms. The maximum atomic E-state index is 9.25. The highest BCUT2D eigenvalue weighted by Gasteiger charge is 2.17. The average Bonchev–Trinajstić information content (AvgIpc) is 3.09. The van der Waals surface area contributed by atoms with E-state index in [4.69, 9.17) is 0 Å². The van der Waals surface area contributed by atoms with Gasteiger partial charge in [-0.15, -0.1) is 5.10 Å². The molecule has 110 valence electrons. The van der Waals surface area contributed by atoms with E-state index in [-0.39, 0.29) is 0 Å². The number of aryl methyl sites for hydroxylation is 3. The maximum Gasteiger partial charge on any atom is 0.212 e. The number of thiazole rings is 1. The molecule has 2 aromatic heterocycles. The highest BCUT2D eigenvalue weighted by molar-refractivity contribution is 7.14. The molecule has 0 saturated carbocycles. The SMILES string of the molecule is Cc1nc(-n2nnc(C#N)c2CCc2ccccc2)sc1C. The van der Waals surface area contributed by atoms with Crippen molar-refractivity contribution in [3.63, 3.8) is 0 Å². The first-order valence-corrected chi connectivity index (χ1v) is 7.83. The molecule has 0 aliphatic carbocycles. The van der Waals surface area contributed by atoms with Gasteiger partial charge in [0.15, 0.2) is 5.69 Å². The van der Waals surface area contributed by atoms with Gasteiger partial charge in [0, 0.05) is 4.88 Å². The minimum atomic E-state index is 0.376. The van der Waals surface area contributed by atoms with Gasteiger partial charge >= 0.3 is 0 Å². The third-order valence-electron chi connectivity index (χ3n) is 3.56. The lowest BCUT2D eigenvalue weighted by Crippen LogP contribution is -2.04. The summed E-state index contributed by atoms with van der Waals surface area (Å²) in [5.41, 5.74) is 3.41. The zero-order valence-corrected chi connectivity index (χ0v) is 13.3. The van der Waals surface area contributed by atoms with Crippen LogP contribution in [0, 0.1) is 25.2 Å². The van der Waals surface area contributed by atoms with Crippen LogP contribution in [0.4, 0.5) is 0 Å². The lowest BCUT2D eigenvalue weighted by atomic mass is 10.1. The molecule has 0 unspecified atom stereocenters. The summed E-state index contributed by atoms with van der Waals surface area (Å²) in [5.74, 6) is 0. The lowest BCUT2D eigenvalue weighted by molar-refractivity contribution is 0.745. The zero-order chi connectivity index (χ0) is 15.5. The molecule has 0 spiro atoms. The molecule has 3 rings (SSSR count). The van der Waals surface area contributed by atoms with Crippen molar-refractivity contribution in [2.45, 2.75) is 26.7 Å². The second-order valence-corrected chi connectivity index (χ2v) is 6.21. The monoisotopic (exact) mass is 309 g/mol. The topological polar surface area (TPSA) is 67.4 Å². The summed E-state index contributed by atoms with van der Waals surface area (Å²) in [7, 11) is 0. The standard InChI is InChI=1S/C16H15N5S/c1-11-12(2)22-16(18-11)21-15(14(10-17)19-20-21)9-8-13-6-4-3-5-7-13/h3-7H,8-9H2,1-2H3. The molecule has 2 heterocycles. The van der Waals surface area contributed by atoms with E-state index in [1.54, 1.807) is 16.0 Å². The van der Waals surface area contributed by atoms with Crippen molar-refractivity contribution < 1.29 is 0 Å². The highest BCUT2D eigenvalue weighted by atomic mass is 32.1. The predicted octanol–water partition coefficient (Wildman–Crippen LogP) is 3.00. The molecule has 5 nitrogen and oxygen atoms in total. The van der Waals surface area contributed by atoms with Gasteiger partial charge in [-0.25, -0.2) is 4.98 Å². The zero-order valence-electron chi connectivity index (χ0n) is 12.4. The fourth-order valence-corrected chi connectivity index (χ4v) is 3.10. The van der Waals surface area contributed by atoms with Gasteiger partial charge in [-0.2, -0.15) is 9.94 Å². The molecular formula is C16H15N5S. The third kappa shape index (κ3) is 2.76. The van der Waals surface area contributed by atoms with Crippen molar-refractivity contribution in [1.82, 2.24) is 20.0 Å². The number of aromatic nitrogens is 4. The van der Waals surface area contributed by atoms with Crippen LogP contribution in [0.3, 0.4) is 0 Å². The van der Waals surface area contributed by atoms with E-state index in [1.807, 2.05) is 32.0 Å². The molecule has 0 amide bonds. The number of hydrogen-bond acceptors (Lipinski definition) is 5. The second-order valence-electron chi connectivity index (χ2n) is 5.03. The smallest absolute Gasteiger partial charge is 0.212 e. The Balaban J connectivity index is 1.92. The minimum Gasteiger partial charge on any atom is -0.223 e. The van der Waals surface area contributed by atoms with Gasteiger partial charge in [0.05, 0.1) is 11.4 Å². The van der Waals surface area contributed by atoms with Crippen LogP contribution in [-0.4, -0.2) is 20.0 Å². The molecule has 22 heavy (non-hydrogen) atoms. The number of nitriles is 1. The Morgan fingerprint density at radius 1 is 1.18 bits per heavy atom. The van der Waals surface area contributed by atoms with Crippen LogP contribution in [0.25, 0.3) is 5.13 Å². The van der Waals surface area contributed by atoms with E-state index in [0.717, 1.165) is 27.8 Å². The molecule has 1 aromatic carbocycles. The van der Waals surface area contributed by atoms with E-state index in [9.17, 15) is 5.26 Å². The van der Waals surface area contributed by atoms with E-state index in [2.05, 4.69) is 33.5 Å². The molecule has 0 fully saturated rings. The summed E-state index contributed by atoms with van der Waals surface area (Å²) in [6.07, 6.45) is 1.55. The summed E-state index contributed by atoms with van der Waals surface area (Å²) >= 11 is 1.57. The lowest BCUT2D eigenvalue weighted by Gasteiger charge is -2.03. The van der Waals surface area contributed by atoms with Crippen LogP contribution in [0.15, 0.2) is 30.3 Å². The van der Waals surface area contributed by atoms with Crippen molar-refractivity contribution in [1.29, 1.82) is 5.26 Å². The van der Waals surface area contributed by atoms with Crippen LogP contribution in [-0.2, 0) is 12.8 Å². The number of hydrogen-bond donors (Lipinski definition) is 0. The van der Waals surface area contributed by atoms with E-state index in [0.29, 0.717) is 12.1 Å². The second kappa shape index (κ2) is 6.08. The first-order chi connectivity index (χ1) is 10.7. The Bertz CT molecular complexity index is 807. The Morgan fingerprint density at radius 3 is 2.59 bits per heavy atom. The van der Waals surface area contributed by atoms with Crippen LogP contribution >= 0.6 is 11.3 Å². The molecular weight excluding hydrogens is 294 g/mol. The van der Waals surface area contributed by atoms with Crippen LogP contribution < -0.4 is 0 Å². The quantitative estimate of drug-likeness (QED) is 0.743. The van der Waals surface area contributed by atoms with Gasteiger partial charge < -0.3 is 0 Å². The minimum absolute atomic E-state index is 0.376. The molecule has 0 atom stereocenters. The van der Waals surface area contributed by atoms with Crippen molar-refractivity contribution in [2.24, 2.45) is 0 Å². The van der Waals surface area contributed by atoms with Gasteiger partial charge in [-0.1, -0.05) is 46.9 Å². The fraction of sp³-hybridized carbons (Fsp3) is 0.250. The molecule has 0 N–H and O–H groups in total. The fourth-order valence-electron chi connectivity index (χ4n) is 2.22. The summed E-state index contributed by atoms with van der Waals surface area (Å²) in [6.45, 7) is 4.00. The molecule has 0 aliphatic heterocycles. The van der Waals surface area contributed by atoms with Crippen LogP contribution in [0.2, 0.25) is 0 Å². The van der Waals surface area contributed by atoms with Crippen molar-refractivity contribution in [3.8, 4) is 11.2 Å². The van der Waals surface area contributed by atoms with E-state index < -0.39 is 0 Å². The predicted molar refractivity (Wildman–Crippen MR) is 85.1 cm³/mol. The van der Waals surface area contributed by atoms with E-state index in [1.165, 1.54) is 5.56 Å². The summed E-state index contributed by atoms with van der Waals surface area (Å²) in [5, 5.41) is 18.1. The molecule has 0 saturated heterocycles. The third-order valence-corrected chi connectivity index (χ3v) is 4.61. The number of nitrogens with zero attached hydrogens (tertiary/aromatic N) is 5. The maximum absolute atomic E-state index is 9.25. The Morgan fingerprint density at radius 2 is 1.95 bits per heavy atom. The molecule has 0 bridgehead atoms. The summed E-state index contributed by atoms with van der Waals surface area (Å²) < 4.78 is 1.70. The normalized spacial score (nSPS) is 10.6. The first kappa shape index (κ1) is 14.4. The molecule has 3 aromatic rings. The summed E-state index contributed by atoms with van der Waals surface area (Å²) in [6, 6.07) is 12.3. The van der Waals surface area contributed by atoms with Crippen molar-refractivity contribution >= 4 is 11.3 Å². The van der Waals surface area contributed by atoms with Gasteiger partial charge in [0.2, 0.25) is 5.13 Å². The number of rotatable bonds is 4. The van der Waals surface area contributed by atoms with Gasteiger partial charge in [-0.05, 0) is 32.3 Å². The van der Waals surface area contributed by atoms with Gasteiger partial charge in [0.1, 0.15) is 6.07 Å². The summed E-state index contributed by atoms with van der Waals surface area (Å²) in [4.78, 5) is 5.66. The Kier molecular flexibility index (Phi) is 3.98. The van der Waals surface area contributed by atoms with Crippen molar-refractivity contribution in [3.05, 3.63) is 57.9 Å².